The van der Waals surface area contributed by atoms with Gasteiger partial charge in [0.25, 0.3) is 0 Å². The Hall–Kier alpha value is 0.300. The summed E-state index contributed by atoms with van der Waals surface area (Å²) in [5.41, 5.74) is 0. The fourth-order valence-electron chi connectivity index (χ4n) is 1.23. The van der Waals surface area contributed by atoms with Crippen molar-refractivity contribution in [3.05, 3.63) is 0 Å². The van der Waals surface area contributed by atoms with Crippen LogP contribution >= 0.6 is 0 Å². The van der Waals surface area contributed by atoms with E-state index in [0.29, 0.717) is 23.3 Å². The zero-order valence-electron chi connectivity index (χ0n) is 7.35. The van der Waals surface area contributed by atoms with E-state index in [1.807, 2.05) is 6.92 Å². The maximum atomic E-state index is 11.0. The summed E-state index contributed by atoms with van der Waals surface area (Å²) in [4.78, 5) is 11.0. The van der Waals surface area contributed by atoms with Crippen LogP contribution in [0.4, 0.5) is 0 Å². The average Bonchev–Trinajstić information content (AvgIpc) is 2.40. The van der Waals surface area contributed by atoms with Crippen molar-refractivity contribution in [2.45, 2.75) is 19.8 Å². The molecule has 0 aromatic carbocycles. The standard InChI is InChI=1S/C8H15O2S.BrH/c1-2-10-8(9)7-11-5-3-4-6-11;/h2-7H2,1H3;1H/q+1;/p-1. The average molecular weight is 255 g/mol. The molecule has 1 aliphatic rings. The zero-order valence-corrected chi connectivity index (χ0v) is 9.75. The van der Waals surface area contributed by atoms with Crippen molar-refractivity contribution >= 4 is 16.9 Å². The summed E-state index contributed by atoms with van der Waals surface area (Å²) in [5, 5.41) is 0. The normalized spacial score (nSPS) is 17.1. The number of halogens is 1. The van der Waals surface area contributed by atoms with Crippen LogP contribution in [-0.4, -0.2) is 29.8 Å². The van der Waals surface area contributed by atoms with Gasteiger partial charge in [0.2, 0.25) is 5.75 Å². The minimum absolute atomic E-state index is 0. The molecule has 1 aliphatic heterocycles. The molecule has 72 valence electrons. The molecule has 2 nitrogen and oxygen atoms in total. The largest absolute Gasteiger partial charge is 1.00 e. The highest BCUT2D eigenvalue weighted by atomic mass is 79.9. The van der Waals surface area contributed by atoms with Crippen LogP contribution in [0.3, 0.4) is 0 Å². The van der Waals surface area contributed by atoms with Crippen molar-refractivity contribution in [1.82, 2.24) is 0 Å². The Balaban J connectivity index is 0.00000121. The van der Waals surface area contributed by atoms with Crippen molar-refractivity contribution in [3.63, 3.8) is 0 Å². The second-order valence-corrected chi connectivity index (χ2v) is 5.01. The van der Waals surface area contributed by atoms with Gasteiger partial charge in [-0.05, 0) is 30.7 Å². The number of hydrogen-bond acceptors (Lipinski definition) is 2. The van der Waals surface area contributed by atoms with Crippen molar-refractivity contribution in [3.8, 4) is 0 Å². The maximum Gasteiger partial charge on any atom is 0.356 e. The van der Waals surface area contributed by atoms with Crippen molar-refractivity contribution in [1.29, 1.82) is 0 Å². The highest BCUT2D eigenvalue weighted by molar-refractivity contribution is 7.97. The Morgan fingerprint density at radius 3 is 2.50 bits per heavy atom. The molecule has 0 aromatic heterocycles. The zero-order chi connectivity index (χ0) is 8.10. The lowest BCUT2D eigenvalue weighted by atomic mass is 10.4. The number of rotatable bonds is 3. The lowest BCUT2D eigenvalue weighted by Gasteiger charge is -2.00. The van der Waals surface area contributed by atoms with Gasteiger partial charge in [-0.25, -0.2) is 4.79 Å². The van der Waals surface area contributed by atoms with Gasteiger partial charge in [0, 0.05) is 0 Å². The third kappa shape index (κ3) is 4.36. The van der Waals surface area contributed by atoms with Gasteiger partial charge >= 0.3 is 5.97 Å². The van der Waals surface area contributed by atoms with Gasteiger partial charge in [-0.15, -0.1) is 0 Å². The molecule has 0 spiro atoms. The summed E-state index contributed by atoms with van der Waals surface area (Å²) in [5.74, 6) is 3.17. The lowest BCUT2D eigenvalue weighted by molar-refractivity contribution is -0.139. The van der Waals surface area contributed by atoms with Crippen LogP contribution < -0.4 is 17.0 Å². The fourth-order valence-corrected chi connectivity index (χ4v) is 3.36. The van der Waals surface area contributed by atoms with Crippen LogP contribution in [-0.2, 0) is 20.4 Å². The quantitative estimate of drug-likeness (QED) is 0.429. The van der Waals surface area contributed by atoms with Crippen molar-refractivity contribution in [2.24, 2.45) is 0 Å². The highest BCUT2D eigenvalue weighted by Crippen LogP contribution is 2.13. The van der Waals surface area contributed by atoms with E-state index in [0.717, 1.165) is 0 Å². The number of carbonyl (C=O) groups excluding carboxylic acids is 1. The van der Waals surface area contributed by atoms with E-state index in [2.05, 4.69) is 0 Å². The molecule has 1 fully saturated rings. The second-order valence-electron chi connectivity index (χ2n) is 2.68. The first kappa shape index (κ1) is 12.3. The van der Waals surface area contributed by atoms with Gasteiger partial charge in [-0.1, -0.05) is 0 Å². The van der Waals surface area contributed by atoms with E-state index in [1.165, 1.54) is 24.3 Å². The van der Waals surface area contributed by atoms with Gasteiger partial charge in [0.05, 0.1) is 6.61 Å². The number of ether oxygens (including phenoxy) is 1. The van der Waals surface area contributed by atoms with Crippen molar-refractivity contribution < 1.29 is 26.5 Å². The first-order chi connectivity index (χ1) is 5.33. The summed E-state index contributed by atoms with van der Waals surface area (Å²) >= 11 is 0. The maximum absolute atomic E-state index is 11.0. The molecular weight excluding hydrogens is 240 g/mol. The summed E-state index contributed by atoms with van der Waals surface area (Å²) in [6.07, 6.45) is 2.62. The molecule has 0 bridgehead atoms. The Labute approximate surface area is 87.2 Å². The fraction of sp³-hybridized carbons (Fsp3) is 0.875. The number of carbonyl (C=O) groups is 1. The van der Waals surface area contributed by atoms with Crippen LogP contribution in [0.25, 0.3) is 0 Å². The number of esters is 1. The van der Waals surface area contributed by atoms with E-state index < -0.39 is 0 Å². The SMILES string of the molecule is CCOC(=O)C[S+]1CCCC1.[Br-]. The molecule has 0 saturated carbocycles. The van der Waals surface area contributed by atoms with Gasteiger partial charge in [0.15, 0.2) is 0 Å². The Morgan fingerprint density at radius 1 is 1.42 bits per heavy atom. The van der Waals surface area contributed by atoms with E-state index in [-0.39, 0.29) is 23.0 Å². The van der Waals surface area contributed by atoms with Gasteiger partial charge in [0.1, 0.15) is 11.5 Å². The minimum Gasteiger partial charge on any atom is -1.00 e. The summed E-state index contributed by atoms with van der Waals surface area (Å²) in [7, 11) is 0.367. The third-order valence-electron chi connectivity index (χ3n) is 1.74. The summed E-state index contributed by atoms with van der Waals surface area (Å²) in [6.45, 7) is 2.38. The molecule has 4 heteroatoms. The number of hydrogen-bond donors (Lipinski definition) is 0. The van der Waals surface area contributed by atoms with E-state index in [4.69, 9.17) is 4.74 Å². The molecule has 0 radical (unpaired) electrons. The molecule has 0 aromatic rings. The Morgan fingerprint density at radius 2 is 2.00 bits per heavy atom. The van der Waals surface area contributed by atoms with Crippen LogP contribution in [0.1, 0.15) is 19.8 Å². The third-order valence-corrected chi connectivity index (χ3v) is 4.12. The predicted octanol–water partition coefficient (Wildman–Crippen LogP) is -2.03. The Bertz CT molecular complexity index is 135. The van der Waals surface area contributed by atoms with Crippen LogP contribution in [0.15, 0.2) is 0 Å². The highest BCUT2D eigenvalue weighted by Gasteiger charge is 2.27. The smallest absolute Gasteiger partial charge is 0.356 e. The molecule has 0 unspecified atom stereocenters. The second kappa shape index (κ2) is 6.78. The van der Waals surface area contributed by atoms with E-state index in [9.17, 15) is 4.79 Å². The van der Waals surface area contributed by atoms with Gasteiger partial charge in [-0.2, -0.15) is 0 Å². The summed E-state index contributed by atoms with van der Waals surface area (Å²) in [6, 6.07) is 0. The molecule has 12 heavy (non-hydrogen) atoms. The van der Waals surface area contributed by atoms with Gasteiger partial charge < -0.3 is 21.7 Å². The molecule has 0 amide bonds. The lowest BCUT2D eigenvalue weighted by Crippen LogP contribution is -3.00. The monoisotopic (exact) mass is 254 g/mol. The molecule has 0 atom stereocenters. The van der Waals surface area contributed by atoms with Gasteiger partial charge in [-0.3, -0.25) is 0 Å². The van der Waals surface area contributed by atoms with Crippen molar-refractivity contribution in [2.75, 3.05) is 23.9 Å². The molecule has 1 rings (SSSR count). The van der Waals surface area contributed by atoms with E-state index in [1.54, 1.807) is 0 Å². The van der Waals surface area contributed by atoms with Crippen LogP contribution in [0.2, 0.25) is 0 Å². The first-order valence-electron chi connectivity index (χ1n) is 4.12. The van der Waals surface area contributed by atoms with E-state index >= 15 is 0 Å². The predicted molar refractivity (Wildman–Crippen MR) is 47.8 cm³/mol. The molecular formula is C8H15BrO2S. The Kier molecular flexibility index (Phi) is 6.95. The minimum atomic E-state index is -0.00210. The molecule has 0 N–H and O–H groups in total. The summed E-state index contributed by atoms with van der Waals surface area (Å²) < 4.78 is 4.87. The molecule has 1 heterocycles. The van der Waals surface area contributed by atoms with Crippen LogP contribution in [0.5, 0.6) is 0 Å². The molecule has 0 aliphatic carbocycles. The molecule has 1 saturated heterocycles. The topological polar surface area (TPSA) is 26.3 Å². The van der Waals surface area contributed by atoms with Crippen LogP contribution in [0, 0.1) is 0 Å². The first-order valence-corrected chi connectivity index (χ1v) is 5.86.